The predicted octanol–water partition coefficient (Wildman–Crippen LogP) is 3.19. The number of carbonyl (C=O) groups excluding carboxylic acids is 2. The van der Waals surface area contributed by atoms with E-state index in [1.807, 2.05) is 0 Å². The molecule has 0 atom stereocenters. The molecule has 100 valence electrons. The van der Waals surface area contributed by atoms with Crippen LogP contribution >= 0.6 is 23.2 Å². The number of hydrogen-bond acceptors (Lipinski definition) is 2. The van der Waals surface area contributed by atoms with Crippen LogP contribution in [0.4, 0.5) is 0 Å². The van der Waals surface area contributed by atoms with Crippen LogP contribution in [-0.2, 0) is 9.59 Å². The third kappa shape index (κ3) is 1.68. The molecular formula is C14H18Cl2O2. The molecule has 4 fully saturated rings. The summed E-state index contributed by atoms with van der Waals surface area (Å²) in [7, 11) is 0. The molecular weight excluding hydrogens is 271 g/mol. The quantitative estimate of drug-likeness (QED) is 0.745. The van der Waals surface area contributed by atoms with Crippen LogP contribution in [0, 0.1) is 22.7 Å². The molecule has 18 heavy (non-hydrogen) atoms. The van der Waals surface area contributed by atoms with Gasteiger partial charge in [0.05, 0.1) is 11.8 Å². The molecule has 0 unspecified atom stereocenters. The molecule has 0 N–H and O–H groups in total. The highest BCUT2D eigenvalue weighted by Crippen LogP contribution is 2.65. The molecule has 0 aromatic rings. The van der Waals surface area contributed by atoms with E-state index in [1.54, 1.807) is 0 Å². The molecule has 4 rings (SSSR count). The average molecular weight is 289 g/mol. The standard InChI is InChI=1S/C14H18Cl2O2/c15-6-11(17)13-2-9-1-10(4-13)5-14(3-9,8-13)12(18)7-16/h9-10H,1-8H2. The van der Waals surface area contributed by atoms with Crippen molar-refractivity contribution in [1.82, 2.24) is 0 Å². The van der Waals surface area contributed by atoms with Gasteiger partial charge in [0, 0.05) is 10.8 Å². The summed E-state index contributed by atoms with van der Waals surface area (Å²) in [5.41, 5.74) is -0.596. The smallest absolute Gasteiger partial charge is 0.153 e. The van der Waals surface area contributed by atoms with Gasteiger partial charge in [-0.15, -0.1) is 23.2 Å². The first-order chi connectivity index (χ1) is 8.53. The minimum atomic E-state index is -0.298. The fourth-order valence-corrected chi connectivity index (χ4v) is 5.77. The minimum absolute atomic E-state index is 0.0879. The van der Waals surface area contributed by atoms with Gasteiger partial charge in [0.1, 0.15) is 0 Å². The van der Waals surface area contributed by atoms with Crippen molar-refractivity contribution in [2.45, 2.75) is 38.5 Å². The lowest BCUT2D eigenvalue weighted by Gasteiger charge is -2.60. The Kier molecular flexibility index (Phi) is 3.02. The van der Waals surface area contributed by atoms with Gasteiger partial charge in [-0.3, -0.25) is 9.59 Å². The molecule has 2 nitrogen and oxygen atoms in total. The summed E-state index contributed by atoms with van der Waals surface area (Å²) < 4.78 is 0. The second kappa shape index (κ2) is 4.21. The first kappa shape index (κ1) is 12.9. The Labute approximate surface area is 117 Å². The normalized spacial score (nSPS) is 45.2. The lowest BCUT2D eigenvalue weighted by atomic mass is 9.42. The van der Waals surface area contributed by atoms with E-state index in [-0.39, 0.29) is 34.2 Å². The second-order valence-electron chi connectivity index (χ2n) is 6.64. The van der Waals surface area contributed by atoms with Gasteiger partial charge in [-0.1, -0.05) is 0 Å². The van der Waals surface area contributed by atoms with Gasteiger partial charge in [-0.2, -0.15) is 0 Å². The lowest BCUT2D eigenvalue weighted by Crippen LogP contribution is -2.58. The highest BCUT2D eigenvalue weighted by molar-refractivity contribution is 6.29. The number of ketones is 2. The Morgan fingerprint density at radius 1 is 0.889 bits per heavy atom. The van der Waals surface area contributed by atoms with Crippen molar-refractivity contribution in [3.63, 3.8) is 0 Å². The summed E-state index contributed by atoms with van der Waals surface area (Å²) in [6.07, 6.45) is 5.70. The zero-order valence-corrected chi connectivity index (χ0v) is 11.9. The summed E-state index contributed by atoms with van der Waals surface area (Å²) >= 11 is 11.6. The second-order valence-corrected chi connectivity index (χ2v) is 7.17. The maximum absolute atomic E-state index is 12.2. The molecule has 0 aliphatic heterocycles. The molecule has 0 amide bonds. The molecule has 0 heterocycles. The number of Topliss-reactive ketones (excluding diaryl/α,β-unsaturated/α-hetero) is 2. The van der Waals surface area contributed by atoms with Gasteiger partial charge in [-0.25, -0.2) is 0 Å². The van der Waals surface area contributed by atoms with E-state index in [9.17, 15) is 9.59 Å². The van der Waals surface area contributed by atoms with Gasteiger partial charge >= 0.3 is 0 Å². The maximum atomic E-state index is 12.2. The largest absolute Gasteiger partial charge is 0.298 e. The monoisotopic (exact) mass is 288 g/mol. The number of carbonyl (C=O) groups is 2. The van der Waals surface area contributed by atoms with Crippen LogP contribution in [0.5, 0.6) is 0 Å². The molecule has 0 saturated heterocycles. The molecule has 0 aromatic carbocycles. The first-order valence-corrected chi connectivity index (χ1v) is 7.79. The van der Waals surface area contributed by atoms with Crippen molar-refractivity contribution in [2.24, 2.45) is 22.7 Å². The van der Waals surface area contributed by atoms with Crippen molar-refractivity contribution < 1.29 is 9.59 Å². The van der Waals surface area contributed by atoms with Crippen molar-refractivity contribution in [2.75, 3.05) is 11.8 Å². The molecule has 0 radical (unpaired) electrons. The Balaban J connectivity index is 1.97. The summed E-state index contributed by atoms with van der Waals surface area (Å²) in [4.78, 5) is 24.5. The van der Waals surface area contributed by atoms with Crippen molar-refractivity contribution in [3.05, 3.63) is 0 Å². The Morgan fingerprint density at radius 2 is 1.28 bits per heavy atom. The molecule has 4 saturated carbocycles. The highest BCUT2D eigenvalue weighted by Gasteiger charge is 2.62. The van der Waals surface area contributed by atoms with Gasteiger partial charge in [0.2, 0.25) is 0 Å². The summed E-state index contributed by atoms with van der Waals surface area (Å²) in [6.45, 7) is 0. The molecule has 4 heteroatoms. The molecule has 0 aromatic heterocycles. The van der Waals surface area contributed by atoms with Crippen molar-refractivity contribution in [3.8, 4) is 0 Å². The number of halogens is 2. The van der Waals surface area contributed by atoms with Gasteiger partial charge in [0.25, 0.3) is 0 Å². The Morgan fingerprint density at radius 3 is 1.61 bits per heavy atom. The van der Waals surface area contributed by atoms with Gasteiger partial charge in [-0.05, 0) is 50.4 Å². The van der Waals surface area contributed by atoms with E-state index in [4.69, 9.17) is 23.2 Å². The fraction of sp³-hybridized carbons (Fsp3) is 0.857. The van der Waals surface area contributed by atoms with E-state index in [0.29, 0.717) is 18.3 Å². The molecule has 4 aliphatic carbocycles. The average Bonchev–Trinajstić information content (AvgIpc) is 2.35. The SMILES string of the molecule is O=C(CCl)C12CC3CC(C1)CC(C(=O)CCl)(C3)C2. The summed E-state index contributed by atoms with van der Waals surface area (Å²) in [5, 5.41) is 0. The Bertz CT molecular complexity index is 357. The summed E-state index contributed by atoms with van der Waals surface area (Å²) in [6, 6.07) is 0. The first-order valence-electron chi connectivity index (χ1n) is 6.72. The lowest BCUT2D eigenvalue weighted by molar-refractivity contribution is -0.161. The van der Waals surface area contributed by atoms with Crippen LogP contribution in [0.3, 0.4) is 0 Å². The highest BCUT2D eigenvalue weighted by atomic mass is 35.5. The van der Waals surface area contributed by atoms with Crippen molar-refractivity contribution in [1.29, 1.82) is 0 Å². The van der Waals surface area contributed by atoms with Crippen LogP contribution in [0.15, 0.2) is 0 Å². The molecule has 0 spiro atoms. The molecule has 4 bridgehead atoms. The van der Waals surface area contributed by atoms with E-state index in [0.717, 1.165) is 25.7 Å². The van der Waals surface area contributed by atoms with Crippen LogP contribution in [-0.4, -0.2) is 23.3 Å². The van der Waals surface area contributed by atoms with Gasteiger partial charge in [0.15, 0.2) is 11.6 Å². The third-order valence-corrected chi connectivity index (χ3v) is 5.97. The van der Waals surface area contributed by atoms with Gasteiger partial charge < -0.3 is 0 Å². The maximum Gasteiger partial charge on any atom is 0.153 e. The van der Waals surface area contributed by atoms with E-state index < -0.39 is 0 Å². The topological polar surface area (TPSA) is 34.1 Å². The fourth-order valence-electron chi connectivity index (χ4n) is 5.20. The van der Waals surface area contributed by atoms with Crippen LogP contribution < -0.4 is 0 Å². The molecule has 4 aliphatic rings. The van der Waals surface area contributed by atoms with E-state index in [1.165, 1.54) is 6.42 Å². The van der Waals surface area contributed by atoms with Crippen molar-refractivity contribution >= 4 is 34.8 Å². The van der Waals surface area contributed by atoms with Crippen LogP contribution in [0.1, 0.15) is 38.5 Å². The number of rotatable bonds is 4. The zero-order chi connectivity index (χ0) is 13.0. The Hall–Kier alpha value is -0.0800. The number of hydrogen-bond donors (Lipinski definition) is 0. The summed E-state index contributed by atoms with van der Waals surface area (Å²) in [5.74, 6) is 1.56. The number of alkyl halides is 2. The van der Waals surface area contributed by atoms with E-state index in [2.05, 4.69) is 0 Å². The minimum Gasteiger partial charge on any atom is -0.298 e. The third-order valence-electron chi connectivity index (χ3n) is 5.49. The van der Waals surface area contributed by atoms with Crippen LogP contribution in [0.25, 0.3) is 0 Å². The van der Waals surface area contributed by atoms with Crippen LogP contribution in [0.2, 0.25) is 0 Å². The zero-order valence-electron chi connectivity index (χ0n) is 10.4. The van der Waals surface area contributed by atoms with E-state index >= 15 is 0 Å². The predicted molar refractivity (Wildman–Crippen MR) is 71.0 cm³/mol.